The van der Waals surface area contributed by atoms with Crippen LogP contribution in [-0.2, 0) is 4.79 Å². The van der Waals surface area contributed by atoms with E-state index >= 15 is 0 Å². The molecule has 0 aliphatic carbocycles. The summed E-state index contributed by atoms with van der Waals surface area (Å²) in [6.45, 7) is 7.27. The van der Waals surface area contributed by atoms with Crippen molar-refractivity contribution in [2.75, 3.05) is 13.1 Å². The third-order valence-corrected chi connectivity index (χ3v) is 5.85. The summed E-state index contributed by atoms with van der Waals surface area (Å²) in [5.41, 5.74) is 4.76. The molecule has 3 rings (SSSR count). The van der Waals surface area contributed by atoms with Gasteiger partial charge in [-0.3, -0.25) is 14.4 Å². The molecule has 1 heterocycles. The summed E-state index contributed by atoms with van der Waals surface area (Å²) in [7, 11) is 0. The van der Waals surface area contributed by atoms with Gasteiger partial charge >= 0.3 is 0 Å². The number of likely N-dealkylation sites (tertiary alicyclic amines) is 1. The van der Waals surface area contributed by atoms with Crippen molar-refractivity contribution in [2.24, 2.45) is 0 Å². The highest BCUT2D eigenvalue weighted by molar-refractivity contribution is 5.98. The number of nitrogens with one attached hydrogen (secondary N) is 1. The Labute approximate surface area is 178 Å². The summed E-state index contributed by atoms with van der Waals surface area (Å²) in [6, 6.07) is 13.3. The van der Waals surface area contributed by atoms with Gasteiger partial charge in [-0.2, -0.15) is 0 Å². The Morgan fingerprint density at radius 1 is 0.867 bits per heavy atom. The summed E-state index contributed by atoms with van der Waals surface area (Å²) in [6.07, 6.45) is 1.86. The molecule has 1 aliphatic heterocycles. The number of Topliss-reactive ketones (excluding diaryl/α,β-unsaturated/α-hetero) is 1. The molecule has 30 heavy (non-hydrogen) atoms. The van der Waals surface area contributed by atoms with Crippen molar-refractivity contribution in [3.05, 3.63) is 70.3 Å². The monoisotopic (exact) mass is 406 g/mol. The molecule has 0 spiro atoms. The molecule has 1 saturated heterocycles. The predicted molar refractivity (Wildman–Crippen MR) is 118 cm³/mol. The van der Waals surface area contributed by atoms with Gasteiger partial charge in [0.15, 0.2) is 5.78 Å². The molecule has 2 amide bonds. The highest BCUT2D eigenvalue weighted by Crippen LogP contribution is 2.17. The van der Waals surface area contributed by atoms with Crippen LogP contribution in [0.1, 0.15) is 63.1 Å². The second-order valence-electron chi connectivity index (χ2n) is 8.22. The van der Waals surface area contributed by atoms with E-state index in [1.807, 2.05) is 56.0 Å². The predicted octanol–water partition coefficient (Wildman–Crippen LogP) is 4.00. The molecular weight excluding hydrogens is 376 g/mol. The Kier molecular flexibility index (Phi) is 7.03. The van der Waals surface area contributed by atoms with Crippen molar-refractivity contribution in [2.45, 2.75) is 52.5 Å². The molecule has 0 atom stereocenters. The quantitative estimate of drug-likeness (QED) is 0.738. The van der Waals surface area contributed by atoms with E-state index in [0.29, 0.717) is 18.7 Å². The summed E-state index contributed by atoms with van der Waals surface area (Å²) in [4.78, 5) is 39.1. The van der Waals surface area contributed by atoms with Crippen LogP contribution < -0.4 is 5.32 Å². The van der Waals surface area contributed by atoms with Crippen molar-refractivity contribution in [1.82, 2.24) is 10.2 Å². The lowest BCUT2D eigenvalue weighted by atomic mass is 10.0. The topological polar surface area (TPSA) is 66.5 Å². The smallest absolute Gasteiger partial charge is 0.253 e. The molecule has 0 saturated carbocycles. The Morgan fingerprint density at radius 2 is 1.50 bits per heavy atom. The summed E-state index contributed by atoms with van der Waals surface area (Å²) >= 11 is 0. The molecule has 1 aliphatic rings. The maximum atomic E-state index is 12.7. The van der Waals surface area contributed by atoms with E-state index in [1.165, 1.54) is 5.56 Å². The number of aryl methyl sites for hydroxylation is 3. The van der Waals surface area contributed by atoms with Gasteiger partial charge in [-0.25, -0.2) is 0 Å². The first-order chi connectivity index (χ1) is 14.3. The third-order valence-electron chi connectivity index (χ3n) is 5.85. The highest BCUT2D eigenvalue weighted by atomic mass is 16.2. The van der Waals surface area contributed by atoms with Crippen molar-refractivity contribution < 1.29 is 14.4 Å². The first kappa shape index (κ1) is 21.8. The Bertz CT molecular complexity index is 926. The van der Waals surface area contributed by atoms with E-state index in [-0.39, 0.29) is 36.5 Å². The first-order valence-corrected chi connectivity index (χ1v) is 10.6. The van der Waals surface area contributed by atoms with Gasteiger partial charge in [0.2, 0.25) is 5.91 Å². The van der Waals surface area contributed by atoms with E-state index in [1.54, 1.807) is 12.1 Å². The minimum absolute atomic E-state index is 0.0149. The molecule has 5 heteroatoms. The van der Waals surface area contributed by atoms with Crippen LogP contribution in [0.25, 0.3) is 0 Å². The van der Waals surface area contributed by atoms with E-state index < -0.39 is 0 Å². The van der Waals surface area contributed by atoms with Crippen LogP contribution in [0.15, 0.2) is 42.5 Å². The van der Waals surface area contributed by atoms with Crippen molar-refractivity contribution >= 4 is 17.6 Å². The average Bonchev–Trinajstić information content (AvgIpc) is 2.74. The standard InChI is InChI=1S/C25H30N2O3/c1-17-4-7-20(8-5-17)23(28)10-11-24(29)26-22-12-14-27(15-13-22)25(30)21-9-6-18(2)19(3)16-21/h4-9,16,22H,10-15H2,1-3H3,(H,26,29). The number of carbonyl (C=O) groups excluding carboxylic acids is 3. The second kappa shape index (κ2) is 9.70. The van der Waals surface area contributed by atoms with Gasteiger partial charge in [0, 0.05) is 43.1 Å². The van der Waals surface area contributed by atoms with Gasteiger partial charge in [0.05, 0.1) is 0 Å². The highest BCUT2D eigenvalue weighted by Gasteiger charge is 2.25. The van der Waals surface area contributed by atoms with Crippen LogP contribution in [0.5, 0.6) is 0 Å². The van der Waals surface area contributed by atoms with E-state index in [0.717, 1.165) is 29.5 Å². The van der Waals surface area contributed by atoms with E-state index in [2.05, 4.69) is 5.32 Å². The Balaban J connectivity index is 1.43. The van der Waals surface area contributed by atoms with Crippen molar-refractivity contribution in [3.63, 3.8) is 0 Å². The fraction of sp³-hybridized carbons (Fsp3) is 0.400. The van der Waals surface area contributed by atoms with Gasteiger partial charge in [0.1, 0.15) is 0 Å². The van der Waals surface area contributed by atoms with Crippen LogP contribution in [0.4, 0.5) is 0 Å². The van der Waals surface area contributed by atoms with Crippen LogP contribution in [0, 0.1) is 20.8 Å². The molecule has 1 fully saturated rings. The van der Waals surface area contributed by atoms with Gasteiger partial charge in [-0.15, -0.1) is 0 Å². The maximum absolute atomic E-state index is 12.7. The molecule has 158 valence electrons. The number of rotatable bonds is 6. The average molecular weight is 407 g/mol. The van der Waals surface area contributed by atoms with E-state index in [4.69, 9.17) is 0 Å². The second-order valence-corrected chi connectivity index (χ2v) is 8.22. The van der Waals surface area contributed by atoms with Crippen LogP contribution in [0.2, 0.25) is 0 Å². The number of carbonyl (C=O) groups is 3. The van der Waals surface area contributed by atoms with Crippen molar-refractivity contribution in [1.29, 1.82) is 0 Å². The summed E-state index contributed by atoms with van der Waals surface area (Å²) in [5, 5.41) is 3.02. The number of hydrogen-bond acceptors (Lipinski definition) is 3. The molecule has 0 unspecified atom stereocenters. The van der Waals surface area contributed by atoms with Gasteiger partial charge in [0.25, 0.3) is 5.91 Å². The Hall–Kier alpha value is -2.95. The molecule has 2 aromatic carbocycles. The number of nitrogens with zero attached hydrogens (tertiary/aromatic N) is 1. The fourth-order valence-corrected chi connectivity index (χ4v) is 3.69. The normalized spacial score (nSPS) is 14.4. The van der Waals surface area contributed by atoms with E-state index in [9.17, 15) is 14.4 Å². The lowest BCUT2D eigenvalue weighted by molar-refractivity contribution is -0.122. The number of ketones is 1. The molecule has 5 nitrogen and oxygen atoms in total. The molecule has 0 bridgehead atoms. The lowest BCUT2D eigenvalue weighted by Gasteiger charge is -2.32. The largest absolute Gasteiger partial charge is 0.353 e. The van der Waals surface area contributed by atoms with Crippen LogP contribution in [-0.4, -0.2) is 41.6 Å². The third kappa shape index (κ3) is 5.56. The Morgan fingerprint density at radius 3 is 2.13 bits per heavy atom. The fourth-order valence-electron chi connectivity index (χ4n) is 3.69. The number of piperidine rings is 1. The number of benzene rings is 2. The number of hydrogen-bond donors (Lipinski definition) is 1. The molecule has 1 N–H and O–H groups in total. The van der Waals surface area contributed by atoms with Crippen LogP contribution >= 0.6 is 0 Å². The van der Waals surface area contributed by atoms with Gasteiger partial charge < -0.3 is 10.2 Å². The zero-order valence-electron chi connectivity index (χ0n) is 18.0. The lowest BCUT2D eigenvalue weighted by Crippen LogP contribution is -2.46. The summed E-state index contributed by atoms with van der Waals surface area (Å²) in [5.74, 6) is -0.0695. The maximum Gasteiger partial charge on any atom is 0.253 e. The summed E-state index contributed by atoms with van der Waals surface area (Å²) < 4.78 is 0. The van der Waals surface area contributed by atoms with Gasteiger partial charge in [-0.1, -0.05) is 35.9 Å². The molecular formula is C25H30N2O3. The minimum Gasteiger partial charge on any atom is -0.353 e. The minimum atomic E-state index is -0.102. The SMILES string of the molecule is Cc1ccc(C(=O)CCC(=O)NC2CCN(C(=O)c3ccc(C)c(C)c3)CC2)cc1. The zero-order chi connectivity index (χ0) is 21.7. The van der Waals surface area contributed by atoms with Crippen LogP contribution in [0.3, 0.4) is 0 Å². The van der Waals surface area contributed by atoms with Gasteiger partial charge in [-0.05, 0) is 56.9 Å². The zero-order valence-corrected chi connectivity index (χ0v) is 18.0. The first-order valence-electron chi connectivity index (χ1n) is 10.6. The molecule has 0 aromatic heterocycles. The number of amides is 2. The van der Waals surface area contributed by atoms with Crippen molar-refractivity contribution in [3.8, 4) is 0 Å². The molecule has 0 radical (unpaired) electrons. The molecule has 2 aromatic rings.